The second-order valence-corrected chi connectivity index (χ2v) is 8.38. The van der Waals surface area contributed by atoms with E-state index >= 15 is 0 Å². The number of nitrogens with zero attached hydrogens (tertiary/aromatic N) is 3. The predicted octanol–water partition coefficient (Wildman–Crippen LogP) is 3.01. The van der Waals surface area contributed by atoms with Crippen molar-refractivity contribution in [2.75, 3.05) is 19.6 Å². The van der Waals surface area contributed by atoms with Crippen LogP contribution >= 0.6 is 0 Å². The van der Waals surface area contributed by atoms with Gasteiger partial charge in [0.05, 0.1) is 18.3 Å². The first-order valence-electron chi connectivity index (χ1n) is 10.6. The third-order valence-electron chi connectivity index (χ3n) is 6.13. The number of aryl methyl sites for hydroxylation is 1. The number of hydrogen-bond acceptors (Lipinski definition) is 4. The van der Waals surface area contributed by atoms with E-state index in [1.54, 1.807) is 11.1 Å². The van der Waals surface area contributed by atoms with E-state index in [1.165, 1.54) is 12.1 Å². The molecule has 2 aliphatic heterocycles. The average Bonchev–Trinajstić information content (AvgIpc) is 3.20. The monoisotopic (exact) mass is 422 g/mol. The van der Waals surface area contributed by atoms with Gasteiger partial charge >= 0.3 is 0 Å². The number of carbonyl (C=O) groups is 2. The van der Waals surface area contributed by atoms with Crippen LogP contribution in [0, 0.1) is 18.7 Å². The van der Waals surface area contributed by atoms with E-state index in [1.807, 2.05) is 42.2 Å². The predicted molar refractivity (Wildman–Crippen MR) is 117 cm³/mol. The molecule has 6 nitrogen and oxygen atoms in total. The van der Waals surface area contributed by atoms with Crippen LogP contribution in [-0.2, 0) is 9.59 Å². The standard InChI is InChI=1S/C24H27FN4O2/c1-16-5-7-17(8-6-16)22-14-21(19-3-2-4-20(25)13-19)27-29(22)23(30)15-28-11-9-18(10-12-28)24(26)31/h2-8,13,18,22H,9-12,14-15H2,1H3,(H2,26,31)/t22-/m0/s1. The van der Waals surface area contributed by atoms with Gasteiger partial charge in [0, 0.05) is 17.9 Å². The zero-order valence-electron chi connectivity index (χ0n) is 17.6. The van der Waals surface area contributed by atoms with Crippen molar-refractivity contribution in [1.82, 2.24) is 9.91 Å². The van der Waals surface area contributed by atoms with E-state index in [4.69, 9.17) is 5.73 Å². The lowest BCUT2D eigenvalue weighted by Gasteiger charge is -2.31. The molecule has 0 saturated carbocycles. The van der Waals surface area contributed by atoms with Crippen molar-refractivity contribution in [3.8, 4) is 0 Å². The van der Waals surface area contributed by atoms with Gasteiger partial charge in [0.1, 0.15) is 5.82 Å². The number of carbonyl (C=O) groups excluding carboxylic acids is 2. The molecule has 1 saturated heterocycles. The Hall–Kier alpha value is -3.06. The van der Waals surface area contributed by atoms with E-state index in [9.17, 15) is 14.0 Å². The fourth-order valence-electron chi connectivity index (χ4n) is 4.27. The van der Waals surface area contributed by atoms with Crippen LogP contribution in [0.4, 0.5) is 4.39 Å². The summed E-state index contributed by atoms with van der Waals surface area (Å²) in [6.07, 6.45) is 1.87. The van der Waals surface area contributed by atoms with Crippen molar-refractivity contribution >= 4 is 17.5 Å². The molecule has 0 aliphatic carbocycles. The minimum atomic E-state index is -0.325. The van der Waals surface area contributed by atoms with E-state index < -0.39 is 0 Å². The Bertz CT molecular complexity index is 997. The highest BCUT2D eigenvalue weighted by molar-refractivity contribution is 6.03. The maximum absolute atomic E-state index is 13.8. The van der Waals surface area contributed by atoms with Crippen molar-refractivity contribution in [3.05, 3.63) is 71.0 Å². The Morgan fingerprint density at radius 1 is 1.13 bits per heavy atom. The molecule has 0 radical (unpaired) electrons. The summed E-state index contributed by atoms with van der Waals surface area (Å²) in [6, 6.07) is 14.2. The third kappa shape index (κ3) is 4.82. The summed E-state index contributed by atoms with van der Waals surface area (Å²) in [5.74, 6) is -0.811. The summed E-state index contributed by atoms with van der Waals surface area (Å²) in [4.78, 5) is 26.7. The SMILES string of the molecule is Cc1ccc([C@@H]2CC(c3cccc(F)c3)=NN2C(=O)CN2CCC(C(N)=O)CC2)cc1. The molecular weight excluding hydrogens is 395 g/mol. The fourth-order valence-corrected chi connectivity index (χ4v) is 4.27. The number of piperidine rings is 1. The molecular formula is C24H27FN4O2. The molecule has 2 amide bonds. The third-order valence-corrected chi connectivity index (χ3v) is 6.13. The van der Waals surface area contributed by atoms with E-state index in [2.05, 4.69) is 5.10 Å². The summed E-state index contributed by atoms with van der Waals surface area (Å²) in [7, 11) is 0. The van der Waals surface area contributed by atoms with Crippen LogP contribution in [0.5, 0.6) is 0 Å². The summed E-state index contributed by atoms with van der Waals surface area (Å²) >= 11 is 0. The van der Waals surface area contributed by atoms with Gasteiger partial charge in [0.2, 0.25) is 5.91 Å². The topological polar surface area (TPSA) is 79.0 Å². The van der Waals surface area contributed by atoms with Gasteiger partial charge in [-0.05, 0) is 50.6 Å². The molecule has 2 aromatic rings. The van der Waals surface area contributed by atoms with Gasteiger partial charge in [-0.25, -0.2) is 9.40 Å². The van der Waals surface area contributed by atoms with Crippen molar-refractivity contribution in [2.45, 2.75) is 32.2 Å². The second-order valence-electron chi connectivity index (χ2n) is 8.38. The molecule has 2 aliphatic rings. The molecule has 1 fully saturated rings. The lowest BCUT2D eigenvalue weighted by molar-refractivity contribution is -0.134. The van der Waals surface area contributed by atoms with Gasteiger partial charge < -0.3 is 5.73 Å². The van der Waals surface area contributed by atoms with Crippen molar-refractivity contribution < 1.29 is 14.0 Å². The minimum Gasteiger partial charge on any atom is -0.369 e. The van der Waals surface area contributed by atoms with Gasteiger partial charge in [-0.3, -0.25) is 14.5 Å². The fraction of sp³-hybridized carbons (Fsp3) is 0.375. The van der Waals surface area contributed by atoms with Gasteiger partial charge in [-0.15, -0.1) is 0 Å². The first-order chi connectivity index (χ1) is 14.9. The first kappa shape index (κ1) is 21.2. The number of likely N-dealkylation sites (tertiary alicyclic amines) is 1. The Morgan fingerprint density at radius 2 is 1.84 bits per heavy atom. The van der Waals surface area contributed by atoms with Crippen LogP contribution in [-0.4, -0.2) is 47.1 Å². The highest BCUT2D eigenvalue weighted by Gasteiger charge is 2.34. The molecule has 2 heterocycles. The van der Waals surface area contributed by atoms with Crippen LogP contribution in [0.15, 0.2) is 53.6 Å². The summed E-state index contributed by atoms with van der Waals surface area (Å²) in [5.41, 5.74) is 8.94. The summed E-state index contributed by atoms with van der Waals surface area (Å²) in [5, 5.41) is 6.17. The second kappa shape index (κ2) is 8.98. The molecule has 31 heavy (non-hydrogen) atoms. The molecule has 4 rings (SSSR count). The number of benzene rings is 2. The number of amides is 2. The van der Waals surface area contributed by atoms with Gasteiger partial charge in [0.15, 0.2) is 0 Å². The Labute approximate surface area is 181 Å². The lowest BCUT2D eigenvalue weighted by Crippen LogP contribution is -2.44. The first-order valence-corrected chi connectivity index (χ1v) is 10.6. The van der Waals surface area contributed by atoms with Gasteiger partial charge in [0.25, 0.3) is 5.91 Å². The normalized spacial score (nSPS) is 20.0. The zero-order chi connectivity index (χ0) is 22.0. The maximum Gasteiger partial charge on any atom is 0.257 e. The molecule has 2 N–H and O–H groups in total. The molecule has 2 aromatic carbocycles. The quantitative estimate of drug-likeness (QED) is 0.805. The summed E-state index contributed by atoms with van der Waals surface area (Å²) < 4.78 is 13.8. The van der Waals surface area contributed by atoms with Crippen LogP contribution in [0.2, 0.25) is 0 Å². The molecule has 162 valence electrons. The Kier molecular flexibility index (Phi) is 6.13. The average molecular weight is 423 g/mol. The van der Waals surface area contributed by atoms with Crippen molar-refractivity contribution in [2.24, 2.45) is 16.8 Å². The number of nitrogens with two attached hydrogens (primary N) is 1. The number of hydrogen-bond donors (Lipinski definition) is 1. The van der Waals surface area contributed by atoms with E-state index in [0.717, 1.165) is 11.1 Å². The smallest absolute Gasteiger partial charge is 0.257 e. The Morgan fingerprint density at radius 3 is 2.48 bits per heavy atom. The molecule has 0 unspecified atom stereocenters. The molecule has 0 aromatic heterocycles. The van der Waals surface area contributed by atoms with Crippen LogP contribution in [0.3, 0.4) is 0 Å². The maximum atomic E-state index is 13.8. The largest absolute Gasteiger partial charge is 0.369 e. The molecule has 0 bridgehead atoms. The number of rotatable bonds is 5. The van der Waals surface area contributed by atoms with Crippen LogP contribution < -0.4 is 5.73 Å². The van der Waals surface area contributed by atoms with Crippen LogP contribution in [0.1, 0.15) is 42.0 Å². The zero-order valence-corrected chi connectivity index (χ0v) is 17.6. The van der Waals surface area contributed by atoms with Gasteiger partial charge in [-0.1, -0.05) is 42.0 Å². The molecule has 0 spiro atoms. The highest BCUT2D eigenvalue weighted by atomic mass is 19.1. The number of primary amides is 1. The molecule has 7 heteroatoms. The highest BCUT2D eigenvalue weighted by Crippen LogP contribution is 2.33. The van der Waals surface area contributed by atoms with Crippen molar-refractivity contribution in [3.63, 3.8) is 0 Å². The molecule has 1 atom stereocenters. The minimum absolute atomic E-state index is 0.102. The Balaban J connectivity index is 1.54. The van der Waals surface area contributed by atoms with Gasteiger partial charge in [-0.2, -0.15) is 5.10 Å². The van der Waals surface area contributed by atoms with E-state index in [-0.39, 0.29) is 36.1 Å². The van der Waals surface area contributed by atoms with E-state index in [0.29, 0.717) is 43.6 Å². The number of halogens is 1. The number of hydrazone groups is 1. The lowest BCUT2D eigenvalue weighted by atomic mass is 9.96. The van der Waals surface area contributed by atoms with Crippen molar-refractivity contribution in [1.29, 1.82) is 0 Å². The summed E-state index contributed by atoms with van der Waals surface area (Å²) in [6.45, 7) is 3.56. The van der Waals surface area contributed by atoms with Crippen LogP contribution in [0.25, 0.3) is 0 Å².